The molecule has 2 aliphatic rings. The molecule has 2 nitrogen and oxygen atoms in total. The molecule has 2 heteroatoms. The summed E-state index contributed by atoms with van der Waals surface area (Å²) in [6.07, 6.45) is 8.37. The Morgan fingerprint density at radius 1 is 1.20 bits per heavy atom. The number of ether oxygens (including phenoxy) is 1. The Kier molecular flexibility index (Phi) is 4.04. The van der Waals surface area contributed by atoms with Crippen LogP contribution in [0.1, 0.15) is 52.4 Å². The first-order valence-corrected chi connectivity index (χ1v) is 6.72. The predicted molar refractivity (Wildman–Crippen MR) is 63.0 cm³/mol. The van der Waals surface area contributed by atoms with Gasteiger partial charge >= 0.3 is 0 Å². The van der Waals surface area contributed by atoms with Crippen molar-refractivity contribution in [3.63, 3.8) is 0 Å². The standard InChI is InChI=1S/C13H25NO/c1-3-10(4-2)14-12-6-5-7-13-11(12)8-9-15-13/h10-14H,3-9H2,1-2H3. The van der Waals surface area contributed by atoms with Gasteiger partial charge in [-0.05, 0) is 38.5 Å². The molecule has 15 heavy (non-hydrogen) atoms. The van der Waals surface area contributed by atoms with E-state index in [1.807, 2.05) is 0 Å². The van der Waals surface area contributed by atoms with Gasteiger partial charge in [-0.2, -0.15) is 0 Å². The van der Waals surface area contributed by atoms with Gasteiger partial charge < -0.3 is 10.1 Å². The fourth-order valence-corrected chi connectivity index (χ4v) is 3.21. The molecule has 3 atom stereocenters. The van der Waals surface area contributed by atoms with Crippen molar-refractivity contribution in [3.8, 4) is 0 Å². The zero-order valence-corrected chi connectivity index (χ0v) is 10.2. The van der Waals surface area contributed by atoms with Crippen LogP contribution < -0.4 is 5.32 Å². The van der Waals surface area contributed by atoms with Gasteiger partial charge in [0.05, 0.1) is 6.10 Å². The molecule has 1 saturated heterocycles. The highest BCUT2D eigenvalue weighted by Gasteiger charge is 2.37. The Labute approximate surface area is 93.8 Å². The SMILES string of the molecule is CCC(CC)NC1CCCC2OCCC12. The van der Waals surface area contributed by atoms with Crippen molar-refractivity contribution >= 4 is 0 Å². The maximum atomic E-state index is 5.80. The molecule has 1 heterocycles. The smallest absolute Gasteiger partial charge is 0.0619 e. The van der Waals surface area contributed by atoms with E-state index in [0.717, 1.165) is 18.6 Å². The summed E-state index contributed by atoms with van der Waals surface area (Å²) in [4.78, 5) is 0. The number of nitrogens with one attached hydrogen (secondary N) is 1. The first-order valence-electron chi connectivity index (χ1n) is 6.72. The van der Waals surface area contributed by atoms with Gasteiger partial charge in [0, 0.05) is 24.6 Å². The fourth-order valence-electron chi connectivity index (χ4n) is 3.21. The fraction of sp³-hybridized carbons (Fsp3) is 1.00. The number of hydrogen-bond donors (Lipinski definition) is 1. The summed E-state index contributed by atoms with van der Waals surface area (Å²) in [5.41, 5.74) is 0. The highest BCUT2D eigenvalue weighted by atomic mass is 16.5. The summed E-state index contributed by atoms with van der Waals surface area (Å²) in [5.74, 6) is 0.805. The Morgan fingerprint density at radius 3 is 2.73 bits per heavy atom. The minimum Gasteiger partial charge on any atom is -0.378 e. The van der Waals surface area contributed by atoms with Crippen LogP contribution in [0.3, 0.4) is 0 Å². The van der Waals surface area contributed by atoms with E-state index in [0.29, 0.717) is 12.1 Å². The van der Waals surface area contributed by atoms with Crippen LogP contribution in [0, 0.1) is 5.92 Å². The van der Waals surface area contributed by atoms with Crippen molar-refractivity contribution in [1.29, 1.82) is 0 Å². The first kappa shape index (κ1) is 11.4. The summed E-state index contributed by atoms with van der Waals surface area (Å²) in [6, 6.07) is 1.45. The summed E-state index contributed by atoms with van der Waals surface area (Å²) in [7, 11) is 0. The van der Waals surface area contributed by atoms with E-state index >= 15 is 0 Å². The van der Waals surface area contributed by atoms with Gasteiger partial charge in [0.15, 0.2) is 0 Å². The largest absolute Gasteiger partial charge is 0.378 e. The molecule has 3 unspecified atom stereocenters. The summed E-state index contributed by atoms with van der Waals surface area (Å²) in [5, 5.41) is 3.85. The Balaban J connectivity index is 1.89. The second-order valence-electron chi connectivity index (χ2n) is 5.08. The summed E-state index contributed by atoms with van der Waals surface area (Å²) >= 11 is 0. The lowest BCUT2D eigenvalue weighted by atomic mass is 9.81. The molecule has 1 saturated carbocycles. The van der Waals surface area contributed by atoms with E-state index < -0.39 is 0 Å². The van der Waals surface area contributed by atoms with Crippen LogP contribution in [0.25, 0.3) is 0 Å². The molecule has 1 aliphatic heterocycles. The lowest BCUT2D eigenvalue weighted by Crippen LogP contribution is -2.47. The molecule has 0 radical (unpaired) electrons. The average molecular weight is 211 g/mol. The third kappa shape index (κ3) is 2.54. The van der Waals surface area contributed by atoms with Crippen molar-refractivity contribution in [3.05, 3.63) is 0 Å². The van der Waals surface area contributed by atoms with E-state index in [4.69, 9.17) is 4.74 Å². The Hall–Kier alpha value is -0.0800. The van der Waals surface area contributed by atoms with Crippen LogP contribution in [0.4, 0.5) is 0 Å². The first-order chi connectivity index (χ1) is 7.35. The lowest BCUT2D eigenvalue weighted by molar-refractivity contribution is 0.0508. The Morgan fingerprint density at radius 2 is 2.00 bits per heavy atom. The topological polar surface area (TPSA) is 21.3 Å². The van der Waals surface area contributed by atoms with Crippen molar-refractivity contribution in [1.82, 2.24) is 5.32 Å². The van der Waals surface area contributed by atoms with Gasteiger partial charge in [-0.25, -0.2) is 0 Å². The lowest BCUT2D eigenvalue weighted by Gasteiger charge is -2.35. The predicted octanol–water partition coefficient (Wildman–Crippen LogP) is 2.72. The third-order valence-electron chi connectivity index (χ3n) is 4.22. The van der Waals surface area contributed by atoms with Crippen LogP contribution in [-0.2, 0) is 4.74 Å². The molecule has 1 N–H and O–H groups in total. The van der Waals surface area contributed by atoms with Crippen LogP contribution in [0.5, 0.6) is 0 Å². The molecular weight excluding hydrogens is 186 g/mol. The van der Waals surface area contributed by atoms with Crippen LogP contribution in [-0.4, -0.2) is 24.8 Å². The quantitative estimate of drug-likeness (QED) is 0.772. The maximum Gasteiger partial charge on any atom is 0.0619 e. The Bertz CT molecular complexity index is 191. The molecule has 0 amide bonds. The van der Waals surface area contributed by atoms with Crippen LogP contribution in [0.15, 0.2) is 0 Å². The number of fused-ring (bicyclic) bond motifs is 1. The molecule has 0 spiro atoms. The highest BCUT2D eigenvalue weighted by Crippen LogP contribution is 2.34. The molecule has 1 aliphatic carbocycles. The van der Waals surface area contributed by atoms with Gasteiger partial charge in [0.25, 0.3) is 0 Å². The molecule has 0 bridgehead atoms. The average Bonchev–Trinajstić information content (AvgIpc) is 2.74. The normalized spacial score (nSPS) is 35.8. The van der Waals surface area contributed by atoms with Gasteiger partial charge in [-0.15, -0.1) is 0 Å². The maximum absolute atomic E-state index is 5.80. The minimum atomic E-state index is 0.575. The second-order valence-corrected chi connectivity index (χ2v) is 5.08. The van der Waals surface area contributed by atoms with E-state index in [-0.39, 0.29) is 0 Å². The summed E-state index contributed by atoms with van der Waals surface area (Å²) < 4.78 is 5.80. The van der Waals surface area contributed by atoms with Crippen molar-refractivity contribution < 1.29 is 4.74 Å². The van der Waals surface area contributed by atoms with E-state index in [1.165, 1.54) is 38.5 Å². The zero-order valence-electron chi connectivity index (χ0n) is 10.2. The van der Waals surface area contributed by atoms with Crippen molar-refractivity contribution in [2.75, 3.05) is 6.61 Å². The van der Waals surface area contributed by atoms with E-state index in [2.05, 4.69) is 19.2 Å². The van der Waals surface area contributed by atoms with Gasteiger partial charge in [-0.3, -0.25) is 0 Å². The second kappa shape index (κ2) is 5.31. The molecule has 0 aromatic carbocycles. The van der Waals surface area contributed by atoms with Crippen LogP contribution >= 0.6 is 0 Å². The highest BCUT2D eigenvalue weighted by molar-refractivity contribution is 4.91. The van der Waals surface area contributed by atoms with E-state index in [1.54, 1.807) is 0 Å². The molecule has 0 aromatic rings. The number of rotatable bonds is 4. The zero-order chi connectivity index (χ0) is 10.7. The van der Waals surface area contributed by atoms with E-state index in [9.17, 15) is 0 Å². The van der Waals surface area contributed by atoms with Gasteiger partial charge in [-0.1, -0.05) is 13.8 Å². The molecule has 88 valence electrons. The third-order valence-corrected chi connectivity index (χ3v) is 4.22. The van der Waals surface area contributed by atoms with Gasteiger partial charge in [0.1, 0.15) is 0 Å². The molecule has 2 fully saturated rings. The minimum absolute atomic E-state index is 0.575. The number of hydrogen-bond acceptors (Lipinski definition) is 2. The molecular formula is C13H25NO. The summed E-state index contributed by atoms with van der Waals surface area (Å²) in [6.45, 7) is 5.57. The van der Waals surface area contributed by atoms with Gasteiger partial charge in [0.2, 0.25) is 0 Å². The molecule has 2 rings (SSSR count). The monoisotopic (exact) mass is 211 g/mol. The van der Waals surface area contributed by atoms with Crippen molar-refractivity contribution in [2.45, 2.75) is 70.6 Å². The molecule has 0 aromatic heterocycles. The van der Waals surface area contributed by atoms with Crippen molar-refractivity contribution in [2.24, 2.45) is 5.92 Å². The van der Waals surface area contributed by atoms with Crippen LogP contribution in [0.2, 0.25) is 0 Å².